The Balaban J connectivity index is 1.91. The van der Waals surface area contributed by atoms with Crippen molar-refractivity contribution in [2.24, 2.45) is 0 Å². The first-order valence-electron chi connectivity index (χ1n) is 7.99. The Labute approximate surface area is 151 Å². The zero-order valence-electron chi connectivity index (χ0n) is 14.3. The number of nitrogens with zero attached hydrogens (tertiary/aromatic N) is 1. The van der Waals surface area contributed by atoms with Crippen LogP contribution in [0.3, 0.4) is 0 Å². The van der Waals surface area contributed by atoms with Crippen molar-refractivity contribution >= 4 is 21.6 Å². The molecule has 0 bridgehead atoms. The number of nitrogens with one attached hydrogen (secondary N) is 1. The van der Waals surface area contributed by atoms with Gasteiger partial charge in [-0.2, -0.15) is 0 Å². The number of sulfonamides is 1. The number of hydrogen-bond acceptors (Lipinski definition) is 3. The van der Waals surface area contributed by atoms with Crippen LogP contribution in [0.4, 0.5) is 14.5 Å². The lowest BCUT2D eigenvalue weighted by atomic mass is 10.1. The molecule has 0 saturated carbocycles. The van der Waals surface area contributed by atoms with Crippen LogP contribution in [-0.2, 0) is 21.2 Å². The molecular weight excluding hydrogens is 362 g/mol. The Kier molecular flexibility index (Phi) is 6.82. The van der Waals surface area contributed by atoms with E-state index in [1.165, 1.54) is 34.6 Å². The molecule has 0 aliphatic rings. The number of carbonyl (C=O) groups is 1. The largest absolute Gasteiger partial charge is 0.326 e. The van der Waals surface area contributed by atoms with Crippen LogP contribution in [0.25, 0.3) is 0 Å². The summed E-state index contributed by atoms with van der Waals surface area (Å²) in [5.41, 5.74) is 1.11. The van der Waals surface area contributed by atoms with Crippen LogP contribution in [0.1, 0.15) is 12.0 Å². The minimum absolute atomic E-state index is 0.00117. The summed E-state index contributed by atoms with van der Waals surface area (Å²) in [6, 6.07) is 11.3. The predicted octanol–water partition coefficient (Wildman–Crippen LogP) is 2.80. The van der Waals surface area contributed by atoms with Gasteiger partial charge < -0.3 is 5.32 Å². The highest BCUT2D eigenvalue weighted by Crippen LogP contribution is 2.11. The van der Waals surface area contributed by atoms with Crippen LogP contribution in [0, 0.1) is 11.6 Å². The van der Waals surface area contributed by atoms with Gasteiger partial charge in [-0.25, -0.2) is 21.5 Å². The van der Waals surface area contributed by atoms with Gasteiger partial charge >= 0.3 is 0 Å². The molecule has 26 heavy (non-hydrogen) atoms. The van der Waals surface area contributed by atoms with E-state index in [0.29, 0.717) is 12.1 Å². The maximum atomic E-state index is 13.1. The topological polar surface area (TPSA) is 66.5 Å². The fourth-order valence-electron chi connectivity index (χ4n) is 2.36. The molecule has 0 heterocycles. The van der Waals surface area contributed by atoms with Crippen molar-refractivity contribution in [2.75, 3.05) is 24.7 Å². The van der Waals surface area contributed by atoms with E-state index in [1.807, 2.05) is 0 Å². The SMILES string of the molecule is CS(=O)(=O)N(CCC(=O)Nc1cccc(F)c1)CCc1ccc(F)cc1. The fraction of sp³-hybridized carbons (Fsp3) is 0.278. The third-order valence-electron chi connectivity index (χ3n) is 3.73. The van der Waals surface area contributed by atoms with Gasteiger partial charge in [0.15, 0.2) is 0 Å². The predicted molar refractivity (Wildman–Crippen MR) is 96.2 cm³/mol. The number of anilines is 1. The molecule has 1 amide bonds. The number of amides is 1. The summed E-state index contributed by atoms with van der Waals surface area (Å²) in [7, 11) is -3.50. The van der Waals surface area contributed by atoms with Crippen LogP contribution in [0.2, 0.25) is 0 Å². The lowest BCUT2D eigenvalue weighted by molar-refractivity contribution is -0.116. The van der Waals surface area contributed by atoms with Gasteiger partial charge in [-0.05, 0) is 42.3 Å². The van der Waals surface area contributed by atoms with E-state index in [0.717, 1.165) is 11.8 Å². The van der Waals surface area contributed by atoms with E-state index >= 15 is 0 Å². The van der Waals surface area contributed by atoms with Gasteiger partial charge in [0, 0.05) is 25.2 Å². The van der Waals surface area contributed by atoms with Gasteiger partial charge in [-0.1, -0.05) is 18.2 Å². The van der Waals surface area contributed by atoms with Gasteiger partial charge in [0.2, 0.25) is 15.9 Å². The molecule has 2 rings (SSSR count). The number of rotatable bonds is 8. The second-order valence-corrected chi connectivity index (χ2v) is 7.83. The first kappa shape index (κ1) is 20.0. The standard InChI is InChI=1S/C18H20F2N2O3S/c1-26(24,25)22(11-9-14-5-7-15(19)8-6-14)12-10-18(23)21-17-4-2-3-16(20)13-17/h2-8,13H,9-12H2,1H3,(H,21,23). The van der Waals surface area contributed by atoms with Crippen molar-refractivity contribution in [3.63, 3.8) is 0 Å². The molecule has 8 heteroatoms. The van der Waals surface area contributed by atoms with Crippen molar-refractivity contribution in [1.82, 2.24) is 4.31 Å². The zero-order chi connectivity index (χ0) is 19.2. The Morgan fingerprint density at radius 3 is 2.35 bits per heavy atom. The number of halogens is 2. The quantitative estimate of drug-likeness (QED) is 0.764. The lowest BCUT2D eigenvalue weighted by Crippen LogP contribution is -2.34. The molecule has 140 valence electrons. The molecule has 1 N–H and O–H groups in total. The van der Waals surface area contributed by atoms with Crippen molar-refractivity contribution in [1.29, 1.82) is 0 Å². The number of benzene rings is 2. The monoisotopic (exact) mass is 382 g/mol. The summed E-state index contributed by atoms with van der Waals surface area (Å²) in [6.07, 6.45) is 1.41. The fourth-order valence-corrected chi connectivity index (χ4v) is 3.21. The summed E-state index contributed by atoms with van der Waals surface area (Å²) in [6.45, 7) is 0.179. The average Bonchev–Trinajstić information content (AvgIpc) is 2.55. The second kappa shape index (κ2) is 8.86. The Morgan fingerprint density at radius 2 is 1.73 bits per heavy atom. The summed E-state index contributed by atoms with van der Waals surface area (Å²) < 4.78 is 51.0. The van der Waals surface area contributed by atoms with E-state index in [-0.39, 0.29) is 25.3 Å². The summed E-state index contributed by atoms with van der Waals surface area (Å²) in [5, 5.41) is 2.53. The highest BCUT2D eigenvalue weighted by Gasteiger charge is 2.18. The van der Waals surface area contributed by atoms with Gasteiger partial charge in [0.25, 0.3) is 0 Å². The van der Waals surface area contributed by atoms with Crippen LogP contribution in [0.15, 0.2) is 48.5 Å². The minimum Gasteiger partial charge on any atom is -0.326 e. The van der Waals surface area contributed by atoms with Crippen molar-refractivity contribution < 1.29 is 22.0 Å². The molecule has 0 unspecified atom stereocenters. The molecule has 0 aromatic heterocycles. The van der Waals surface area contributed by atoms with Crippen molar-refractivity contribution in [3.8, 4) is 0 Å². The Morgan fingerprint density at radius 1 is 1.04 bits per heavy atom. The average molecular weight is 382 g/mol. The summed E-state index contributed by atoms with van der Waals surface area (Å²) in [5.74, 6) is -1.24. The zero-order valence-corrected chi connectivity index (χ0v) is 15.1. The molecule has 0 spiro atoms. The third kappa shape index (κ3) is 6.53. The third-order valence-corrected chi connectivity index (χ3v) is 5.03. The van der Waals surface area contributed by atoms with Gasteiger partial charge in [0.05, 0.1) is 6.26 Å². The molecule has 0 saturated heterocycles. The van der Waals surface area contributed by atoms with Crippen molar-refractivity contribution in [2.45, 2.75) is 12.8 Å². The van der Waals surface area contributed by atoms with Crippen LogP contribution >= 0.6 is 0 Å². The van der Waals surface area contributed by atoms with E-state index in [9.17, 15) is 22.0 Å². The van der Waals surface area contributed by atoms with Crippen LogP contribution in [-0.4, -0.2) is 38.0 Å². The smallest absolute Gasteiger partial charge is 0.225 e. The summed E-state index contributed by atoms with van der Waals surface area (Å²) >= 11 is 0. The first-order chi connectivity index (χ1) is 12.2. The molecule has 0 aliphatic carbocycles. The Hall–Kier alpha value is -2.32. The lowest BCUT2D eigenvalue weighted by Gasteiger charge is -2.19. The molecule has 0 aliphatic heterocycles. The summed E-state index contributed by atoms with van der Waals surface area (Å²) in [4.78, 5) is 12.0. The van der Waals surface area contributed by atoms with Crippen molar-refractivity contribution in [3.05, 3.63) is 65.7 Å². The van der Waals surface area contributed by atoms with Gasteiger partial charge in [0.1, 0.15) is 11.6 Å². The van der Waals surface area contributed by atoms with E-state index in [2.05, 4.69) is 5.32 Å². The minimum atomic E-state index is -3.50. The molecule has 0 fully saturated rings. The molecule has 5 nitrogen and oxygen atoms in total. The van der Waals surface area contributed by atoms with Gasteiger partial charge in [-0.3, -0.25) is 4.79 Å². The van der Waals surface area contributed by atoms with E-state index in [1.54, 1.807) is 18.2 Å². The van der Waals surface area contributed by atoms with E-state index < -0.39 is 21.7 Å². The molecule has 0 radical (unpaired) electrons. The maximum absolute atomic E-state index is 13.1. The van der Waals surface area contributed by atoms with Crippen LogP contribution in [0.5, 0.6) is 0 Å². The highest BCUT2D eigenvalue weighted by atomic mass is 32.2. The highest BCUT2D eigenvalue weighted by molar-refractivity contribution is 7.88. The normalized spacial score (nSPS) is 11.5. The van der Waals surface area contributed by atoms with Gasteiger partial charge in [-0.15, -0.1) is 0 Å². The number of carbonyl (C=O) groups excluding carboxylic acids is 1. The van der Waals surface area contributed by atoms with E-state index in [4.69, 9.17) is 0 Å². The Bertz CT molecular complexity index is 855. The molecule has 0 atom stereocenters. The van der Waals surface area contributed by atoms with Crippen LogP contribution < -0.4 is 5.32 Å². The molecule has 2 aromatic carbocycles. The first-order valence-corrected chi connectivity index (χ1v) is 9.84. The maximum Gasteiger partial charge on any atom is 0.225 e. The molecular formula is C18H20F2N2O3S. The second-order valence-electron chi connectivity index (χ2n) is 5.85. The number of hydrogen-bond donors (Lipinski definition) is 1. The molecule has 2 aromatic rings.